The second-order valence-corrected chi connectivity index (χ2v) is 12.6. The fraction of sp³-hybridized carbons (Fsp3) is 0.0682. The number of para-hydroxylation sites is 3. The number of hydroxylamine groups is 1. The third-order valence-electron chi connectivity index (χ3n) is 10.0. The Bertz CT molecular complexity index is 2680. The van der Waals surface area contributed by atoms with E-state index in [0.29, 0.717) is 5.82 Å². The summed E-state index contributed by atoms with van der Waals surface area (Å²) in [4.78, 5) is 9.61. The first kappa shape index (κ1) is 27.4. The van der Waals surface area contributed by atoms with Crippen molar-refractivity contribution in [3.63, 3.8) is 0 Å². The minimum atomic E-state index is -2.27. The predicted octanol–water partition coefficient (Wildman–Crippen LogP) is 9.88. The van der Waals surface area contributed by atoms with E-state index in [2.05, 4.69) is 109 Å². The van der Waals surface area contributed by atoms with Gasteiger partial charge >= 0.3 is 0 Å². The van der Waals surface area contributed by atoms with Crippen molar-refractivity contribution >= 4 is 38.9 Å². The van der Waals surface area contributed by atoms with Gasteiger partial charge in [-0.1, -0.05) is 84.4 Å². The number of hydrogen-bond donors (Lipinski definition) is 0. The Morgan fingerprint density at radius 2 is 1.38 bits per heavy atom. The second kappa shape index (κ2) is 11.6. The molecule has 50 heavy (non-hydrogen) atoms. The zero-order valence-corrected chi connectivity index (χ0v) is 29.2. The number of hydrogen-bond acceptors (Lipinski definition) is 3. The third kappa shape index (κ3) is 4.24. The minimum Gasteiger partial charge on any atom is -0.319 e. The molecular weight excluding hydrogens is 796 g/mol. The molecule has 0 unspecified atom stereocenters. The number of pyridine rings is 1. The number of rotatable bonds is 4. The van der Waals surface area contributed by atoms with Crippen LogP contribution in [-0.4, -0.2) is 21.5 Å². The van der Waals surface area contributed by atoms with Gasteiger partial charge in [-0.25, -0.2) is 4.98 Å². The molecule has 8 aromatic rings. The Morgan fingerprint density at radius 1 is 0.680 bits per heavy atom. The molecular formula is C44H31N4OPt-. The Morgan fingerprint density at radius 3 is 2.18 bits per heavy atom. The van der Waals surface area contributed by atoms with Gasteiger partial charge < -0.3 is 4.57 Å². The van der Waals surface area contributed by atoms with Crippen molar-refractivity contribution in [2.45, 2.75) is 12.3 Å². The second-order valence-electron chi connectivity index (χ2n) is 12.6. The van der Waals surface area contributed by atoms with Crippen LogP contribution in [0, 0.1) is 19.0 Å². The van der Waals surface area contributed by atoms with Gasteiger partial charge in [0, 0.05) is 48.0 Å². The van der Waals surface area contributed by atoms with Crippen molar-refractivity contribution in [1.82, 2.24) is 9.55 Å². The fourth-order valence-electron chi connectivity index (χ4n) is 7.98. The minimum absolute atomic E-state index is 0. The monoisotopic (exact) mass is 829 g/mol. The van der Waals surface area contributed by atoms with Crippen LogP contribution in [0.15, 0.2) is 146 Å². The molecule has 1 aliphatic heterocycles. The molecule has 6 aromatic carbocycles. The molecule has 244 valence electrons. The van der Waals surface area contributed by atoms with Gasteiger partial charge in [0.2, 0.25) is 0 Å². The van der Waals surface area contributed by atoms with Crippen molar-refractivity contribution in [2.75, 3.05) is 17.2 Å². The van der Waals surface area contributed by atoms with Gasteiger partial charge in [0.25, 0.3) is 0 Å². The van der Waals surface area contributed by atoms with Crippen LogP contribution in [-0.2, 0) is 26.5 Å². The number of aryl methyl sites for hydroxylation is 1. The van der Waals surface area contributed by atoms with Gasteiger partial charge in [-0.3, -0.25) is 0 Å². The van der Waals surface area contributed by atoms with Gasteiger partial charge in [-0.2, -0.15) is 35.3 Å². The van der Waals surface area contributed by atoms with Gasteiger partial charge in [0.05, 0.1) is 7.05 Å². The summed E-state index contributed by atoms with van der Waals surface area (Å²) >= 11 is 0. The molecule has 1 N–H and O–H groups in total. The van der Waals surface area contributed by atoms with Crippen LogP contribution in [0.3, 0.4) is 0 Å². The van der Waals surface area contributed by atoms with Gasteiger partial charge in [-0.05, 0) is 70.4 Å². The van der Waals surface area contributed by atoms with Gasteiger partial charge in [-0.15, -0.1) is 38.8 Å². The molecule has 0 atom stereocenters. The fourth-order valence-corrected chi connectivity index (χ4v) is 7.98. The number of benzene rings is 6. The Balaban J connectivity index is 0.00000372. The molecule has 1 aliphatic carbocycles. The standard InChI is InChI=1S/C44H30N4O.Pt/c1-29-24-25-45-43(26-29)47-39-19-8-5-16-35(39)36-23-22-31(28-42(36)47)44(37-17-6-3-14-33(37)34-15-4-7-18-38(34)44)30-12-11-13-32(27-30)48-41-21-10-9-20-40(41)46(2)49-48;/h3-26H,1-2H3;/q-2;/p+1/i1D3;. The molecule has 0 bridgehead atoms. The van der Waals surface area contributed by atoms with E-state index >= 15 is 0 Å². The van der Waals surface area contributed by atoms with Crippen LogP contribution in [0.2, 0.25) is 0 Å². The first-order valence-electron chi connectivity index (χ1n) is 17.8. The van der Waals surface area contributed by atoms with E-state index in [1.165, 1.54) is 0 Å². The molecule has 0 saturated heterocycles. The molecule has 2 aliphatic rings. The largest absolute Gasteiger partial charge is 0.319 e. The van der Waals surface area contributed by atoms with Crippen molar-refractivity contribution in [3.05, 3.63) is 186 Å². The smallest absolute Gasteiger partial charge is 0.145 e. The first-order chi connectivity index (χ1) is 25.3. The third-order valence-corrected chi connectivity index (χ3v) is 10.0. The van der Waals surface area contributed by atoms with Gasteiger partial charge in [0.1, 0.15) is 17.2 Å². The summed E-state index contributed by atoms with van der Waals surface area (Å²) in [7, 11) is 1.96. The topological polar surface area (TPSA) is 37.1 Å². The number of fused-ring (bicyclic) bond motifs is 7. The van der Waals surface area contributed by atoms with E-state index in [1.807, 2.05) is 52.1 Å². The van der Waals surface area contributed by atoms with E-state index in [0.717, 1.165) is 72.2 Å². The SMILES string of the molecule is [2H]C([2H])([2H])c1ccnc(-n2c3[c-]c(C4(c5[c-]c(N6[OH+]N(C)c7ccccc76)ccc5)c5ccccc5-c5ccccc54)ccc3c3ccccc32)c1.[Pt]. The molecule has 2 aromatic heterocycles. The van der Waals surface area contributed by atoms with Gasteiger partial charge in [0.15, 0.2) is 0 Å². The maximum atomic E-state index is 8.13. The van der Waals surface area contributed by atoms with Crippen LogP contribution in [0.4, 0.5) is 17.1 Å². The summed E-state index contributed by atoms with van der Waals surface area (Å²) in [6, 6.07) is 55.3. The summed E-state index contributed by atoms with van der Waals surface area (Å²) < 4.78 is 26.4. The Hall–Kier alpha value is -5.48. The molecule has 10 rings (SSSR count). The average molecular weight is 830 g/mol. The molecule has 0 saturated carbocycles. The van der Waals surface area contributed by atoms with Crippen LogP contribution in [0.5, 0.6) is 0 Å². The van der Waals surface area contributed by atoms with Crippen LogP contribution < -0.4 is 10.1 Å². The molecule has 0 radical (unpaired) electrons. The van der Waals surface area contributed by atoms with E-state index in [1.54, 1.807) is 18.3 Å². The summed E-state index contributed by atoms with van der Waals surface area (Å²) in [5.41, 5.74) is 10.5. The van der Waals surface area contributed by atoms with Crippen molar-refractivity contribution in [2.24, 2.45) is 0 Å². The molecule has 6 heteroatoms. The zero-order valence-electron chi connectivity index (χ0n) is 29.9. The van der Waals surface area contributed by atoms with Crippen LogP contribution in [0.1, 0.15) is 31.9 Å². The molecule has 0 amide bonds. The van der Waals surface area contributed by atoms with Crippen LogP contribution in [0.25, 0.3) is 38.8 Å². The molecule has 5 nitrogen and oxygen atoms in total. The van der Waals surface area contributed by atoms with E-state index in [4.69, 9.17) is 14.0 Å². The van der Waals surface area contributed by atoms with E-state index in [-0.39, 0.29) is 26.6 Å². The molecule has 0 fully saturated rings. The number of nitrogens with zero attached hydrogens (tertiary/aromatic N) is 4. The quantitative estimate of drug-likeness (QED) is 0.131. The van der Waals surface area contributed by atoms with Crippen molar-refractivity contribution in [3.8, 4) is 16.9 Å². The average Bonchev–Trinajstić information content (AvgIpc) is 3.80. The number of anilines is 3. The summed E-state index contributed by atoms with van der Waals surface area (Å²) in [6.07, 6.45) is 1.58. The first-order valence-corrected chi connectivity index (χ1v) is 16.3. The predicted molar refractivity (Wildman–Crippen MR) is 197 cm³/mol. The van der Waals surface area contributed by atoms with E-state index in [9.17, 15) is 0 Å². The molecule has 3 heterocycles. The Kier molecular flexibility index (Phi) is 6.32. The summed E-state index contributed by atoms with van der Waals surface area (Å²) in [6.45, 7) is -2.27. The van der Waals surface area contributed by atoms with E-state index < -0.39 is 12.3 Å². The summed E-state index contributed by atoms with van der Waals surface area (Å²) in [5, 5.41) is 5.88. The zero-order chi connectivity index (χ0) is 35.2. The van der Waals surface area contributed by atoms with Crippen LogP contribution >= 0.6 is 0 Å². The van der Waals surface area contributed by atoms with Crippen molar-refractivity contribution < 1.29 is 30.1 Å². The normalized spacial score (nSPS) is 15.2. The number of aromatic nitrogens is 2. The Labute approximate surface area is 309 Å². The van der Waals surface area contributed by atoms with Crippen molar-refractivity contribution in [1.29, 1.82) is 0 Å². The maximum absolute atomic E-state index is 8.13. The summed E-state index contributed by atoms with van der Waals surface area (Å²) in [5.74, 6) is 0.529. The maximum Gasteiger partial charge on any atom is 0.145 e. The molecule has 0 spiro atoms.